The first-order chi connectivity index (χ1) is 9.88. The summed E-state index contributed by atoms with van der Waals surface area (Å²) in [5, 5.41) is 13.1. The molecular formula is C13H12F2N2O3S. The van der Waals surface area contributed by atoms with Crippen LogP contribution in [0.25, 0.3) is 11.5 Å². The predicted octanol–water partition coefficient (Wildman–Crippen LogP) is 3.35. The zero-order valence-corrected chi connectivity index (χ0v) is 12.1. The van der Waals surface area contributed by atoms with Crippen LogP contribution in [0.4, 0.5) is 8.78 Å². The second kappa shape index (κ2) is 6.21. The van der Waals surface area contributed by atoms with Crippen LogP contribution in [0.1, 0.15) is 30.0 Å². The largest absolute Gasteiger partial charge is 0.478 e. The summed E-state index contributed by atoms with van der Waals surface area (Å²) < 4.78 is 31.4. The smallest absolute Gasteiger partial charge is 0.336 e. The molecule has 0 radical (unpaired) electrons. The van der Waals surface area contributed by atoms with Gasteiger partial charge < -0.3 is 9.63 Å². The number of carbonyl (C=O) groups is 1. The van der Waals surface area contributed by atoms with Crippen molar-refractivity contribution in [2.75, 3.05) is 0 Å². The Morgan fingerprint density at radius 2 is 2.05 bits per heavy atom. The number of thioether (sulfide) groups is 1. The number of carboxylic acids is 1. The Hall–Kier alpha value is -1.96. The first-order valence-corrected chi connectivity index (χ1v) is 7.10. The molecule has 2 aromatic rings. The van der Waals surface area contributed by atoms with Gasteiger partial charge in [0.2, 0.25) is 0 Å². The molecule has 2 rings (SSSR count). The van der Waals surface area contributed by atoms with Gasteiger partial charge in [0.1, 0.15) is 0 Å². The van der Waals surface area contributed by atoms with Crippen LogP contribution in [0, 0.1) is 11.6 Å². The molecule has 112 valence electrons. The number of halogens is 2. The Balaban J connectivity index is 2.37. The van der Waals surface area contributed by atoms with Gasteiger partial charge in [-0.2, -0.15) is 16.7 Å². The summed E-state index contributed by atoms with van der Waals surface area (Å²) in [4.78, 5) is 15.1. The molecule has 0 aliphatic rings. The predicted molar refractivity (Wildman–Crippen MR) is 73.0 cm³/mol. The van der Waals surface area contributed by atoms with Gasteiger partial charge in [0.15, 0.2) is 17.5 Å². The molecule has 0 unspecified atom stereocenters. The molecule has 1 aromatic carbocycles. The summed E-state index contributed by atoms with van der Waals surface area (Å²) in [6.07, 6.45) is 0. The van der Waals surface area contributed by atoms with E-state index < -0.39 is 23.2 Å². The highest BCUT2D eigenvalue weighted by Crippen LogP contribution is 2.26. The number of aromatic carboxylic acids is 1. The maximum Gasteiger partial charge on any atom is 0.336 e. The fraction of sp³-hybridized carbons (Fsp3) is 0.308. The van der Waals surface area contributed by atoms with E-state index in [1.807, 2.05) is 13.8 Å². The highest BCUT2D eigenvalue weighted by atomic mass is 32.2. The van der Waals surface area contributed by atoms with Crippen LogP contribution in [0.15, 0.2) is 16.7 Å². The number of carboxylic acid groups (broad SMARTS) is 1. The maximum atomic E-state index is 13.3. The van der Waals surface area contributed by atoms with Gasteiger partial charge in [-0.15, -0.1) is 0 Å². The normalized spacial score (nSPS) is 11.1. The van der Waals surface area contributed by atoms with E-state index in [4.69, 9.17) is 9.63 Å². The molecular weight excluding hydrogens is 302 g/mol. The molecule has 0 aliphatic heterocycles. The molecule has 1 aromatic heterocycles. The van der Waals surface area contributed by atoms with Gasteiger partial charge in [0, 0.05) is 0 Å². The molecule has 0 aliphatic carbocycles. The van der Waals surface area contributed by atoms with Crippen molar-refractivity contribution in [1.29, 1.82) is 0 Å². The summed E-state index contributed by atoms with van der Waals surface area (Å²) in [5.74, 6) is -3.12. The number of hydrogen-bond donors (Lipinski definition) is 1. The summed E-state index contributed by atoms with van der Waals surface area (Å²) in [6.45, 7) is 4.01. The van der Waals surface area contributed by atoms with Crippen molar-refractivity contribution >= 4 is 17.7 Å². The van der Waals surface area contributed by atoms with Crippen molar-refractivity contribution in [3.8, 4) is 11.5 Å². The van der Waals surface area contributed by atoms with E-state index >= 15 is 0 Å². The van der Waals surface area contributed by atoms with Crippen molar-refractivity contribution in [2.45, 2.75) is 24.9 Å². The Kier molecular flexibility index (Phi) is 4.56. The van der Waals surface area contributed by atoms with Crippen LogP contribution in [-0.2, 0) is 5.75 Å². The monoisotopic (exact) mass is 314 g/mol. The third kappa shape index (κ3) is 3.57. The number of benzene rings is 1. The van der Waals surface area contributed by atoms with Crippen molar-refractivity contribution < 1.29 is 23.2 Å². The fourth-order valence-corrected chi connectivity index (χ4v) is 2.16. The number of rotatable bonds is 5. The zero-order valence-electron chi connectivity index (χ0n) is 11.3. The number of hydrogen-bond acceptors (Lipinski definition) is 5. The molecule has 0 fully saturated rings. The lowest BCUT2D eigenvalue weighted by Gasteiger charge is -2.02. The van der Waals surface area contributed by atoms with E-state index in [1.165, 1.54) is 0 Å². The number of aromatic nitrogens is 2. The highest BCUT2D eigenvalue weighted by molar-refractivity contribution is 7.99. The van der Waals surface area contributed by atoms with Crippen LogP contribution in [0.2, 0.25) is 0 Å². The van der Waals surface area contributed by atoms with Crippen LogP contribution >= 0.6 is 11.8 Å². The SMILES string of the molecule is CC(C)SCc1noc(-c2cc(F)c(F)cc2C(=O)O)n1. The minimum absolute atomic E-state index is 0.144. The Labute approximate surface area is 123 Å². The van der Waals surface area contributed by atoms with Crippen molar-refractivity contribution in [2.24, 2.45) is 0 Å². The Morgan fingerprint density at radius 3 is 2.67 bits per heavy atom. The summed E-state index contributed by atoms with van der Waals surface area (Å²) in [5.41, 5.74) is -0.574. The summed E-state index contributed by atoms with van der Waals surface area (Å²) in [7, 11) is 0. The minimum atomic E-state index is -1.40. The van der Waals surface area contributed by atoms with Crippen molar-refractivity contribution in [3.05, 3.63) is 35.2 Å². The Bertz CT molecular complexity index is 673. The quantitative estimate of drug-likeness (QED) is 0.912. The molecule has 0 spiro atoms. The van der Waals surface area contributed by atoms with Crippen LogP contribution in [0.5, 0.6) is 0 Å². The second-order valence-electron chi connectivity index (χ2n) is 4.49. The van der Waals surface area contributed by atoms with E-state index in [2.05, 4.69) is 10.1 Å². The van der Waals surface area contributed by atoms with E-state index in [9.17, 15) is 13.6 Å². The molecule has 0 atom stereocenters. The van der Waals surface area contributed by atoms with Crippen molar-refractivity contribution in [3.63, 3.8) is 0 Å². The summed E-state index contributed by atoms with van der Waals surface area (Å²) >= 11 is 1.57. The Morgan fingerprint density at radius 1 is 1.38 bits per heavy atom. The molecule has 0 saturated carbocycles. The molecule has 21 heavy (non-hydrogen) atoms. The lowest BCUT2D eigenvalue weighted by atomic mass is 10.1. The average Bonchev–Trinajstić information content (AvgIpc) is 2.87. The molecule has 1 N–H and O–H groups in total. The van der Waals surface area contributed by atoms with Gasteiger partial charge in [-0.1, -0.05) is 19.0 Å². The molecule has 0 amide bonds. The van der Waals surface area contributed by atoms with Gasteiger partial charge in [0.25, 0.3) is 5.89 Å². The third-order valence-corrected chi connectivity index (χ3v) is 3.63. The van der Waals surface area contributed by atoms with E-state index in [0.29, 0.717) is 22.9 Å². The second-order valence-corrected chi connectivity index (χ2v) is 6.06. The topological polar surface area (TPSA) is 76.2 Å². The molecule has 1 heterocycles. The maximum absolute atomic E-state index is 13.3. The fourth-order valence-electron chi connectivity index (χ4n) is 1.56. The lowest BCUT2D eigenvalue weighted by molar-refractivity contribution is 0.0696. The molecule has 0 bridgehead atoms. The average molecular weight is 314 g/mol. The van der Waals surface area contributed by atoms with Gasteiger partial charge in [0.05, 0.1) is 16.9 Å². The molecule has 8 heteroatoms. The van der Waals surface area contributed by atoms with Crippen LogP contribution in [-0.4, -0.2) is 26.5 Å². The van der Waals surface area contributed by atoms with E-state index in [-0.39, 0.29) is 11.5 Å². The van der Waals surface area contributed by atoms with Gasteiger partial charge in [-0.3, -0.25) is 0 Å². The number of nitrogens with zero attached hydrogens (tertiary/aromatic N) is 2. The standard InChI is InChI=1S/C13H12F2N2O3S/c1-6(2)21-5-11-16-12(20-17-11)7-3-9(14)10(15)4-8(7)13(18)19/h3-4,6H,5H2,1-2H3,(H,18,19). The highest BCUT2D eigenvalue weighted by Gasteiger charge is 2.21. The molecule has 0 saturated heterocycles. The van der Waals surface area contributed by atoms with E-state index in [0.717, 1.165) is 6.07 Å². The van der Waals surface area contributed by atoms with Crippen molar-refractivity contribution in [1.82, 2.24) is 10.1 Å². The third-order valence-electron chi connectivity index (χ3n) is 2.54. The first-order valence-electron chi connectivity index (χ1n) is 6.05. The van der Waals surface area contributed by atoms with Gasteiger partial charge in [-0.05, 0) is 17.4 Å². The summed E-state index contributed by atoms with van der Waals surface area (Å²) in [6, 6.07) is 1.34. The first kappa shape index (κ1) is 15.4. The lowest BCUT2D eigenvalue weighted by Crippen LogP contribution is -2.02. The van der Waals surface area contributed by atoms with Gasteiger partial charge >= 0.3 is 5.97 Å². The van der Waals surface area contributed by atoms with Crippen LogP contribution in [0.3, 0.4) is 0 Å². The zero-order chi connectivity index (χ0) is 15.6. The minimum Gasteiger partial charge on any atom is -0.478 e. The molecule has 5 nitrogen and oxygen atoms in total. The van der Waals surface area contributed by atoms with Gasteiger partial charge in [-0.25, -0.2) is 13.6 Å². The van der Waals surface area contributed by atoms with E-state index in [1.54, 1.807) is 11.8 Å². The van der Waals surface area contributed by atoms with Crippen LogP contribution < -0.4 is 0 Å².